The molecule has 1 aliphatic heterocycles. The Balaban J connectivity index is 2.27. The molecular weight excluding hydrogens is 411 g/mol. The summed E-state index contributed by atoms with van der Waals surface area (Å²) in [7, 11) is 0. The molecule has 30 heavy (non-hydrogen) atoms. The average Bonchev–Trinajstić information content (AvgIpc) is 3.05. The van der Waals surface area contributed by atoms with Gasteiger partial charge in [0.2, 0.25) is 0 Å². The highest BCUT2D eigenvalue weighted by molar-refractivity contribution is 6.30. The Morgan fingerprint density at radius 3 is 2.40 bits per heavy atom. The van der Waals surface area contributed by atoms with Gasteiger partial charge in [0.15, 0.2) is 5.78 Å². The normalized spacial score (nSPS) is 27.3. The number of amides is 1. The van der Waals surface area contributed by atoms with Crippen molar-refractivity contribution in [3.05, 3.63) is 34.9 Å². The van der Waals surface area contributed by atoms with Gasteiger partial charge in [-0.1, -0.05) is 57.3 Å². The van der Waals surface area contributed by atoms with Crippen molar-refractivity contribution in [1.29, 1.82) is 0 Å². The summed E-state index contributed by atoms with van der Waals surface area (Å²) < 4.78 is 15.4. The van der Waals surface area contributed by atoms with Gasteiger partial charge in [0.05, 0.1) is 11.6 Å². The van der Waals surface area contributed by atoms with Crippen molar-refractivity contribution in [2.24, 2.45) is 5.41 Å². The van der Waals surface area contributed by atoms with E-state index in [4.69, 9.17) is 11.6 Å². The standard InChI is InChI=1S/C22H30ClFN2O4/c1-20(2,3)18-22(15-7-6-8-16(23)13-15,25(19(28)29)11-12-26(18)24)17(27)14-21(30)9-4-5-10-21/h6-8,13,18,30H,4-5,9-12,14H2,1-3H3,(H,28,29). The lowest BCUT2D eigenvalue weighted by atomic mass is 9.65. The van der Waals surface area contributed by atoms with E-state index in [1.807, 2.05) is 0 Å². The molecule has 2 N–H and O–H groups in total. The third-order valence-corrected chi connectivity index (χ3v) is 6.64. The van der Waals surface area contributed by atoms with E-state index in [0.29, 0.717) is 28.5 Å². The number of nitrogens with zero attached hydrogens (tertiary/aromatic N) is 2. The molecule has 1 aliphatic carbocycles. The average molecular weight is 441 g/mol. The molecular formula is C22H30ClFN2O4. The summed E-state index contributed by atoms with van der Waals surface area (Å²) >= 11 is 6.22. The molecule has 2 atom stereocenters. The molecule has 0 bridgehead atoms. The van der Waals surface area contributed by atoms with Gasteiger partial charge in [-0.15, -0.1) is 9.60 Å². The number of carboxylic acid groups (broad SMARTS) is 1. The first-order valence-electron chi connectivity index (χ1n) is 10.4. The summed E-state index contributed by atoms with van der Waals surface area (Å²) in [5.74, 6) is -0.501. The second kappa shape index (κ2) is 8.09. The lowest BCUT2D eigenvalue weighted by Crippen LogP contribution is -2.72. The van der Waals surface area contributed by atoms with Gasteiger partial charge in [-0.05, 0) is 36.0 Å². The van der Waals surface area contributed by atoms with Gasteiger partial charge in [0.25, 0.3) is 0 Å². The molecule has 1 amide bonds. The third-order valence-electron chi connectivity index (χ3n) is 6.40. The predicted octanol–water partition coefficient (Wildman–Crippen LogP) is 4.39. The molecule has 0 spiro atoms. The molecule has 2 fully saturated rings. The summed E-state index contributed by atoms with van der Waals surface area (Å²) in [6.45, 7) is 5.04. The highest BCUT2D eigenvalue weighted by Gasteiger charge is 2.62. The number of benzene rings is 1. The van der Waals surface area contributed by atoms with E-state index in [2.05, 4.69) is 0 Å². The maximum atomic E-state index is 15.4. The number of halogens is 2. The van der Waals surface area contributed by atoms with Crippen molar-refractivity contribution in [1.82, 2.24) is 10.0 Å². The number of hydrogen-bond donors (Lipinski definition) is 2. The zero-order valence-corrected chi connectivity index (χ0v) is 18.5. The van der Waals surface area contributed by atoms with E-state index in [1.165, 1.54) is 6.07 Å². The van der Waals surface area contributed by atoms with Gasteiger partial charge >= 0.3 is 6.09 Å². The SMILES string of the molecule is CC(C)(C)C1N(F)CCN(C(=O)O)C1(C(=O)CC1(O)CCCC1)c1cccc(Cl)c1. The molecule has 1 saturated heterocycles. The maximum Gasteiger partial charge on any atom is 0.408 e. The first kappa shape index (κ1) is 23.0. The van der Waals surface area contributed by atoms with Gasteiger partial charge in [-0.25, -0.2) is 4.79 Å². The summed E-state index contributed by atoms with van der Waals surface area (Å²) in [6, 6.07) is 5.32. The van der Waals surface area contributed by atoms with E-state index in [1.54, 1.807) is 39.0 Å². The van der Waals surface area contributed by atoms with Crippen LogP contribution >= 0.6 is 11.6 Å². The molecule has 6 nitrogen and oxygen atoms in total. The van der Waals surface area contributed by atoms with Crippen LogP contribution in [0.4, 0.5) is 9.28 Å². The molecule has 1 aromatic carbocycles. The van der Waals surface area contributed by atoms with Crippen LogP contribution in [-0.4, -0.2) is 56.8 Å². The summed E-state index contributed by atoms with van der Waals surface area (Å²) in [5, 5.41) is 22.0. The number of hydrogen-bond acceptors (Lipinski definition) is 4. The van der Waals surface area contributed by atoms with E-state index in [9.17, 15) is 19.8 Å². The van der Waals surface area contributed by atoms with Crippen molar-refractivity contribution in [3.8, 4) is 0 Å². The van der Waals surface area contributed by atoms with Gasteiger partial charge in [-0.3, -0.25) is 9.69 Å². The van der Waals surface area contributed by atoms with Crippen molar-refractivity contribution < 1.29 is 24.3 Å². The Morgan fingerprint density at radius 2 is 1.87 bits per heavy atom. The Labute approximate surface area is 181 Å². The summed E-state index contributed by atoms with van der Waals surface area (Å²) in [6.07, 6.45) is 1.00. The van der Waals surface area contributed by atoms with Gasteiger partial charge < -0.3 is 10.2 Å². The lowest BCUT2D eigenvalue weighted by Gasteiger charge is -2.56. The number of carbonyl (C=O) groups excluding carboxylic acids is 1. The minimum absolute atomic E-state index is 0.145. The molecule has 2 aliphatic rings. The van der Waals surface area contributed by atoms with Gasteiger partial charge in [0, 0.05) is 24.5 Å². The predicted molar refractivity (Wildman–Crippen MR) is 112 cm³/mol. The van der Waals surface area contributed by atoms with Crippen LogP contribution in [0.25, 0.3) is 0 Å². The minimum atomic E-state index is -1.83. The Morgan fingerprint density at radius 1 is 1.23 bits per heavy atom. The Kier molecular flexibility index (Phi) is 6.20. The summed E-state index contributed by atoms with van der Waals surface area (Å²) in [5.41, 5.74) is -3.50. The fourth-order valence-corrected chi connectivity index (χ4v) is 5.48. The number of rotatable bonds is 4. The lowest BCUT2D eigenvalue weighted by molar-refractivity contribution is -0.182. The molecule has 1 saturated carbocycles. The molecule has 8 heteroatoms. The van der Waals surface area contributed by atoms with Crippen molar-refractivity contribution in [2.45, 2.75) is 70.1 Å². The quantitative estimate of drug-likeness (QED) is 0.678. The highest BCUT2D eigenvalue weighted by atomic mass is 35.5. The molecule has 0 aromatic heterocycles. The van der Waals surface area contributed by atoms with E-state index in [-0.39, 0.29) is 19.5 Å². The van der Waals surface area contributed by atoms with Crippen LogP contribution in [0.3, 0.4) is 0 Å². The first-order valence-corrected chi connectivity index (χ1v) is 10.7. The maximum absolute atomic E-state index is 15.4. The smallest absolute Gasteiger partial charge is 0.408 e. The fourth-order valence-electron chi connectivity index (χ4n) is 5.29. The monoisotopic (exact) mass is 440 g/mol. The van der Waals surface area contributed by atoms with Crippen molar-refractivity contribution >= 4 is 23.5 Å². The molecule has 1 aromatic rings. The molecule has 2 unspecified atom stereocenters. The molecule has 3 rings (SSSR count). The second-order valence-corrected chi connectivity index (χ2v) is 10.1. The van der Waals surface area contributed by atoms with Gasteiger partial charge in [-0.2, -0.15) is 0 Å². The van der Waals surface area contributed by atoms with Crippen molar-refractivity contribution in [3.63, 3.8) is 0 Å². The van der Waals surface area contributed by atoms with E-state index >= 15 is 4.48 Å². The topological polar surface area (TPSA) is 81.1 Å². The number of Topliss-reactive ketones (excluding diaryl/α,β-unsaturated/α-hetero) is 1. The number of ketones is 1. The number of carbonyl (C=O) groups is 2. The van der Waals surface area contributed by atoms with E-state index in [0.717, 1.165) is 17.7 Å². The zero-order valence-electron chi connectivity index (χ0n) is 17.7. The summed E-state index contributed by atoms with van der Waals surface area (Å²) in [4.78, 5) is 27.4. The number of piperazine rings is 1. The minimum Gasteiger partial charge on any atom is -0.465 e. The molecule has 0 radical (unpaired) electrons. The van der Waals surface area contributed by atoms with Crippen LogP contribution in [0.15, 0.2) is 24.3 Å². The first-order chi connectivity index (χ1) is 13.9. The van der Waals surface area contributed by atoms with Crippen LogP contribution in [0.2, 0.25) is 5.02 Å². The molecule has 1 heterocycles. The second-order valence-electron chi connectivity index (χ2n) is 9.63. The Hall–Kier alpha value is -1.70. The van der Waals surface area contributed by atoms with E-state index < -0.39 is 34.5 Å². The third kappa shape index (κ3) is 3.95. The van der Waals surface area contributed by atoms with Crippen molar-refractivity contribution in [2.75, 3.05) is 13.1 Å². The largest absolute Gasteiger partial charge is 0.465 e. The molecule has 166 valence electrons. The van der Waals surface area contributed by atoms with Crippen LogP contribution in [0.1, 0.15) is 58.4 Å². The Bertz CT molecular complexity index is 822. The van der Waals surface area contributed by atoms with Crippen LogP contribution in [-0.2, 0) is 10.3 Å². The van der Waals surface area contributed by atoms with Crippen LogP contribution < -0.4 is 0 Å². The van der Waals surface area contributed by atoms with Crippen LogP contribution in [0.5, 0.6) is 0 Å². The van der Waals surface area contributed by atoms with Crippen LogP contribution in [0, 0.1) is 5.41 Å². The zero-order chi connectivity index (χ0) is 22.3. The highest BCUT2D eigenvalue weighted by Crippen LogP contribution is 2.49. The fraction of sp³-hybridized carbons (Fsp3) is 0.636. The van der Waals surface area contributed by atoms with Gasteiger partial charge in [0.1, 0.15) is 5.54 Å². The number of aliphatic hydroxyl groups is 1.